The predicted octanol–water partition coefficient (Wildman–Crippen LogP) is 2.62. The Morgan fingerprint density at radius 3 is 2.38 bits per heavy atom. The molecular weight excluding hydrogens is 286 g/mol. The van der Waals surface area contributed by atoms with E-state index in [1.165, 1.54) is 12.1 Å². The minimum absolute atomic E-state index is 0.188. The molecule has 4 N–H and O–H groups in total. The van der Waals surface area contributed by atoms with Gasteiger partial charge in [-0.15, -0.1) is 0 Å². The molecule has 2 aromatic rings. The topological polar surface area (TPSA) is 84.2 Å². The molecule has 5 nitrogen and oxygen atoms in total. The second-order valence-electron chi connectivity index (χ2n) is 4.74. The first-order chi connectivity index (χ1) is 9.92. The minimum atomic E-state index is -3.49. The van der Waals surface area contributed by atoms with Gasteiger partial charge in [-0.1, -0.05) is 24.6 Å². The highest BCUT2D eigenvalue weighted by atomic mass is 32.2. The Kier molecular flexibility index (Phi) is 4.50. The third kappa shape index (κ3) is 3.74. The van der Waals surface area contributed by atoms with Crippen molar-refractivity contribution in [1.82, 2.24) is 4.72 Å². The standard InChI is InChI=1S/C15H19N3O2S/c1-3-17-21(19,20)13-8-9-14(16)15(10-13)18-12-6-4-11(2)5-7-12/h4-10,17-18H,3,16H2,1-2H3. The summed E-state index contributed by atoms with van der Waals surface area (Å²) in [5.74, 6) is 0. The summed E-state index contributed by atoms with van der Waals surface area (Å²) in [7, 11) is -3.49. The number of anilines is 3. The number of aryl methyl sites for hydroxylation is 1. The van der Waals surface area contributed by atoms with Crippen molar-refractivity contribution in [3.8, 4) is 0 Å². The summed E-state index contributed by atoms with van der Waals surface area (Å²) in [6, 6.07) is 12.4. The predicted molar refractivity (Wildman–Crippen MR) is 86.2 cm³/mol. The number of hydrogen-bond acceptors (Lipinski definition) is 4. The Balaban J connectivity index is 2.33. The first kappa shape index (κ1) is 15.3. The summed E-state index contributed by atoms with van der Waals surface area (Å²) >= 11 is 0. The molecule has 0 unspecified atom stereocenters. The van der Waals surface area contributed by atoms with Crippen LogP contribution in [-0.4, -0.2) is 15.0 Å². The van der Waals surface area contributed by atoms with E-state index in [1.54, 1.807) is 13.0 Å². The minimum Gasteiger partial charge on any atom is -0.397 e. The molecule has 0 aliphatic heterocycles. The summed E-state index contributed by atoms with van der Waals surface area (Å²) in [6.07, 6.45) is 0. The zero-order valence-electron chi connectivity index (χ0n) is 12.1. The van der Waals surface area contributed by atoms with Crippen LogP contribution in [0.3, 0.4) is 0 Å². The summed E-state index contributed by atoms with van der Waals surface area (Å²) in [5, 5.41) is 3.14. The average Bonchev–Trinajstić information content (AvgIpc) is 2.43. The van der Waals surface area contributed by atoms with Gasteiger partial charge in [0.15, 0.2) is 0 Å². The SMILES string of the molecule is CCNS(=O)(=O)c1ccc(N)c(Nc2ccc(C)cc2)c1. The molecule has 21 heavy (non-hydrogen) atoms. The van der Waals surface area contributed by atoms with Crippen LogP contribution >= 0.6 is 0 Å². The molecule has 0 amide bonds. The maximum atomic E-state index is 12.0. The van der Waals surface area contributed by atoms with Gasteiger partial charge in [0.25, 0.3) is 0 Å². The summed E-state index contributed by atoms with van der Waals surface area (Å²) in [5.41, 5.74) is 8.97. The third-order valence-electron chi connectivity index (χ3n) is 3.00. The van der Waals surface area contributed by atoms with E-state index in [0.29, 0.717) is 17.9 Å². The molecule has 6 heteroatoms. The first-order valence-electron chi connectivity index (χ1n) is 6.65. The van der Waals surface area contributed by atoms with Crippen molar-refractivity contribution >= 4 is 27.1 Å². The van der Waals surface area contributed by atoms with Crippen LogP contribution in [0.2, 0.25) is 0 Å². The van der Waals surface area contributed by atoms with E-state index in [2.05, 4.69) is 10.0 Å². The quantitative estimate of drug-likeness (QED) is 0.741. The molecule has 0 bridgehead atoms. The van der Waals surface area contributed by atoms with E-state index in [9.17, 15) is 8.42 Å². The van der Waals surface area contributed by atoms with Gasteiger partial charge >= 0.3 is 0 Å². The normalized spacial score (nSPS) is 11.3. The molecule has 2 aromatic carbocycles. The number of nitrogens with one attached hydrogen (secondary N) is 2. The maximum Gasteiger partial charge on any atom is 0.240 e. The second kappa shape index (κ2) is 6.15. The van der Waals surface area contributed by atoms with Crippen LogP contribution in [0, 0.1) is 6.92 Å². The van der Waals surface area contributed by atoms with Crippen molar-refractivity contribution in [3.63, 3.8) is 0 Å². The van der Waals surface area contributed by atoms with Crippen LogP contribution in [0.1, 0.15) is 12.5 Å². The fraction of sp³-hybridized carbons (Fsp3) is 0.200. The molecule has 0 heterocycles. The number of sulfonamides is 1. The lowest BCUT2D eigenvalue weighted by atomic mass is 10.2. The van der Waals surface area contributed by atoms with E-state index in [1.807, 2.05) is 31.2 Å². The van der Waals surface area contributed by atoms with Gasteiger partial charge in [-0.3, -0.25) is 0 Å². The lowest BCUT2D eigenvalue weighted by Crippen LogP contribution is -2.23. The van der Waals surface area contributed by atoms with Gasteiger partial charge in [-0.2, -0.15) is 0 Å². The Morgan fingerprint density at radius 2 is 1.76 bits per heavy atom. The molecule has 0 aromatic heterocycles. The Bertz CT molecular complexity index is 725. The van der Waals surface area contributed by atoms with Gasteiger partial charge in [0, 0.05) is 12.2 Å². The Labute approximate surface area is 125 Å². The van der Waals surface area contributed by atoms with Crippen LogP contribution in [0.25, 0.3) is 0 Å². The van der Waals surface area contributed by atoms with E-state index in [4.69, 9.17) is 5.73 Å². The van der Waals surface area contributed by atoms with Crippen molar-refractivity contribution in [3.05, 3.63) is 48.0 Å². The summed E-state index contributed by atoms with van der Waals surface area (Å²) in [4.78, 5) is 0.188. The Hall–Kier alpha value is -2.05. The smallest absolute Gasteiger partial charge is 0.240 e. The fourth-order valence-corrected chi connectivity index (χ4v) is 2.94. The second-order valence-corrected chi connectivity index (χ2v) is 6.51. The highest BCUT2D eigenvalue weighted by Gasteiger charge is 2.14. The van der Waals surface area contributed by atoms with Crippen LogP contribution in [-0.2, 0) is 10.0 Å². The molecule has 0 aliphatic rings. The van der Waals surface area contributed by atoms with E-state index < -0.39 is 10.0 Å². The number of hydrogen-bond donors (Lipinski definition) is 3. The monoisotopic (exact) mass is 305 g/mol. The lowest BCUT2D eigenvalue weighted by molar-refractivity contribution is 0.584. The van der Waals surface area contributed by atoms with Gasteiger partial charge in [-0.05, 0) is 37.3 Å². The maximum absolute atomic E-state index is 12.0. The summed E-state index contributed by atoms with van der Waals surface area (Å²) < 4.78 is 26.5. The molecule has 0 saturated carbocycles. The average molecular weight is 305 g/mol. The zero-order chi connectivity index (χ0) is 15.5. The van der Waals surface area contributed by atoms with E-state index in [-0.39, 0.29) is 4.90 Å². The zero-order valence-corrected chi connectivity index (χ0v) is 12.9. The Morgan fingerprint density at radius 1 is 1.10 bits per heavy atom. The van der Waals surface area contributed by atoms with Gasteiger partial charge in [0.2, 0.25) is 10.0 Å². The lowest BCUT2D eigenvalue weighted by Gasteiger charge is -2.12. The van der Waals surface area contributed by atoms with Crippen molar-refractivity contribution in [2.75, 3.05) is 17.6 Å². The highest BCUT2D eigenvalue weighted by molar-refractivity contribution is 7.89. The van der Waals surface area contributed by atoms with Crippen LogP contribution in [0.4, 0.5) is 17.1 Å². The van der Waals surface area contributed by atoms with Crippen molar-refractivity contribution in [2.24, 2.45) is 0 Å². The number of benzene rings is 2. The molecule has 0 fully saturated rings. The van der Waals surface area contributed by atoms with Crippen molar-refractivity contribution in [2.45, 2.75) is 18.7 Å². The molecule has 2 rings (SSSR count). The third-order valence-corrected chi connectivity index (χ3v) is 4.54. The van der Waals surface area contributed by atoms with Gasteiger partial charge < -0.3 is 11.1 Å². The molecule has 0 spiro atoms. The largest absolute Gasteiger partial charge is 0.397 e. The number of nitrogens with two attached hydrogens (primary N) is 1. The van der Waals surface area contributed by atoms with Gasteiger partial charge in [0.05, 0.1) is 16.3 Å². The van der Waals surface area contributed by atoms with Gasteiger partial charge in [0.1, 0.15) is 0 Å². The van der Waals surface area contributed by atoms with E-state index in [0.717, 1.165) is 11.3 Å². The van der Waals surface area contributed by atoms with Crippen LogP contribution < -0.4 is 15.8 Å². The highest BCUT2D eigenvalue weighted by Crippen LogP contribution is 2.26. The van der Waals surface area contributed by atoms with Crippen LogP contribution in [0.5, 0.6) is 0 Å². The van der Waals surface area contributed by atoms with Crippen LogP contribution in [0.15, 0.2) is 47.4 Å². The van der Waals surface area contributed by atoms with Gasteiger partial charge in [-0.25, -0.2) is 13.1 Å². The van der Waals surface area contributed by atoms with E-state index >= 15 is 0 Å². The molecule has 112 valence electrons. The fourth-order valence-electron chi connectivity index (χ4n) is 1.88. The number of nitrogen functional groups attached to an aromatic ring is 1. The molecule has 0 atom stereocenters. The van der Waals surface area contributed by atoms with Crippen molar-refractivity contribution in [1.29, 1.82) is 0 Å². The first-order valence-corrected chi connectivity index (χ1v) is 8.13. The molecule has 0 saturated heterocycles. The molecular formula is C15H19N3O2S. The summed E-state index contributed by atoms with van der Waals surface area (Å²) in [6.45, 7) is 4.08. The number of rotatable bonds is 5. The molecule has 0 radical (unpaired) electrons. The molecule has 0 aliphatic carbocycles. The van der Waals surface area contributed by atoms with Crippen molar-refractivity contribution < 1.29 is 8.42 Å².